The van der Waals surface area contributed by atoms with Gasteiger partial charge in [0.15, 0.2) is 0 Å². The molecule has 13 heavy (non-hydrogen) atoms. The lowest BCUT2D eigenvalue weighted by Crippen LogP contribution is -2.27. The lowest BCUT2D eigenvalue weighted by molar-refractivity contribution is 0.297. The molecule has 0 heterocycles. The molecule has 0 rings (SSSR count). The normalized spacial score (nSPS) is 15.0. The maximum atomic E-state index is 3.51. The smallest absolute Gasteiger partial charge is 0.00228 e. The molecule has 0 fully saturated rings. The Balaban J connectivity index is 3.46. The average molecular weight is 185 g/mol. The van der Waals surface area contributed by atoms with Crippen LogP contribution in [0.5, 0.6) is 0 Å². The van der Waals surface area contributed by atoms with Crippen LogP contribution in [0.1, 0.15) is 48.0 Å². The highest BCUT2D eigenvalue weighted by molar-refractivity contribution is 4.68. The van der Waals surface area contributed by atoms with Gasteiger partial charge in [-0.15, -0.1) is 0 Å². The Hall–Kier alpha value is -0.0400. The van der Waals surface area contributed by atoms with E-state index in [0.717, 1.165) is 24.9 Å². The highest BCUT2D eigenvalue weighted by atomic mass is 14.9. The molecule has 0 aromatic rings. The molecular weight excluding hydrogens is 158 g/mol. The van der Waals surface area contributed by atoms with E-state index in [1.54, 1.807) is 0 Å². The molecule has 1 nitrogen and oxygen atoms in total. The van der Waals surface area contributed by atoms with Gasteiger partial charge in [0, 0.05) is 0 Å². The van der Waals surface area contributed by atoms with Gasteiger partial charge in [-0.3, -0.25) is 0 Å². The van der Waals surface area contributed by atoms with Crippen molar-refractivity contribution >= 4 is 0 Å². The van der Waals surface area contributed by atoms with E-state index < -0.39 is 0 Å². The summed E-state index contributed by atoms with van der Waals surface area (Å²) in [4.78, 5) is 0. The molecule has 0 bridgehead atoms. The van der Waals surface area contributed by atoms with Crippen molar-refractivity contribution in [2.24, 2.45) is 17.3 Å². The zero-order chi connectivity index (χ0) is 10.5. The van der Waals surface area contributed by atoms with E-state index >= 15 is 0 Å². The maximum absolute atomic E-state index is 3.51. The van der Waals surface area contributed by atoms with Gasteiger partial charge in [0.2, 0.25) is 0 Å². The van der Waals surface area contributed by atoms with Gasteiger partial charge in [0.25, 0.3) is 0 Å². The second-order valence-corrected chi connectivity index (χ2v) is 5.92. The van der Waals surface area contributed by atoms with Crippen LogP contribution in [0.2, 0.25) is 0 Å². The molecule has 0 aromatic carbocycles. The summed E-state index contributed by atoms with van der Waals surface area (Å²) in [6.45, 7) is 16.1. The molecule has 0 amide bonds. The first-order chi connectivity index (χ1) is 5.81. The van der Waals surface area contributed by atoms with Crippen LogP contribution < -0.4 is 5.32 Å². The van der Waals surface area contributed by atoms with Gasteiger partial charge in [-0.25, -0.2) is 0 Å². The van der Waals surface area contributed by atoms with Gasteiger partial charge in [0.1, 0.15) is 0 Å². The fraction of sp³-hybridized carbons (Fsp3) is 1.00. The summed E-state index contributed by atoms with van der Waals surface area (Å²) in [7, 11) is 0. The Kier molecular flexibility index (Phi) is 5.62. The van der Waals surface area contributed by atoms with Crippen molar-refractivity contribution in [2.45, 2.75) is 48.0 Å². The Labute approximate surface area is 84.3 Å². The van der Waals surface area contributed by atoms with E-state index in [9.17, 15) is 0 Å². The monoisotopic (exact) mass is 185 g/mol. The van der Waals surface area contributed by atoms with Gasteiger partial charge in [-0.1, -0.05) is 41.5 Å². The van der Waals surface area contributed by atoms with Crippen molar-refractivity contribution in [2.75, 3.05) is 13.1 Å². The van der Waals surface area contributed by atoms with Crippen molar-refractivity contribution in [1.29, 1.82) is 0 Å². The molecule has 0 aliphatic rings. The molecule has 0 aromatic heterocycles. The molecular formula is C12H27N. The van der Waals surface area contributed by atoms with Crippen molar-refractivity contribution in [3.05, 3.63) is 0 Å². The summed E-state index contributed by atoms with van der Waals surface area (Å²) in [6, 6.07) is 0. The van der Waals surface area contributed by atoms with E-state index in [2.05, 4.69) is 46.9 Å². The molecule has 1 atom stereocenters. The molecule has 0 aliphatic heterocycles. The summed E-state index contributed by atoms with van der Waals surface area (Å²) in [6.07, 6.45) is 1.30. The number of hydrogen-bond donors (Lipinski definition) is 1. The molecule has 0 aliphatic carbocycles. The van der Waals surface area contributed by atoms with Crippen LogP contribution in [0.4, 0.5) is 0 Å². The van der Waals surface area contributed by atoms with Gasteiger partial charge in [-0.05, 0) is 36.8 Å². The summed E-state index contributed by atoms with van der Waals surface area (Å²) in [5.41, 5.74) is 0.471. The molecule has 0 saturated heterocycles. The Morgan fingerprint density at radius 3 is 1.92 bits per heavy atom. The van der Waals surface area contributed by atoms with Crippen molar-refractivity contribution in [1.82, 2.24) is 5.32 Å². The minimum absolute atomic E-state index is 0.471. The number of hydrogen-bond acceptors (Lipinski definition) is 1. The average Bonchev–Trinajstić information content (AvgIpc) is 1.81. The van der Waals surface area contributed by atoms with Crippen LogP contribution in [0.15, 0.2) is 0 Å². The highest BCUT2D eigenvalue weighted by Gasteiger charge is 2.14. The van der Waals surface area contributed by atoms with Gasteiger partial charge in [0.05, 0.1) is 0 Å². The number of nitrogens with one attached hydrogen (secondary N) is 1. The number of rotatable bonds is 5. The Morgan fingerprint density at radius 2 is 1.54 bits per heavy atom. The quantitative estimate of drug-likeness (QED) is 0.693. The van der Waals surface area contributed by atoms with E-state index in [-0.39, 0.29) is 0 Å². The third kappa shape index (κ3) is 9.88. The van der Waals surface area contributed by atoms with Gasteiger partial charge >= 0.3 is 0 Å². The summed E-state index contributed by atoms with van der Waals surface area (Å²) >= 11 is 0. The predicted octanol–water partition coefficient (Wildman–Crippen LogP) is 3.30. The summed E-state index contributed by atoms with van der Waals surface area (Å²) in [5.74, 6) is 1.56. The standard InChI is InChI=1S/C12H27N/c1-10(2)8-13-9-11(3)7-12(4,5)6/h10-11,13H,7-9H2,1-6H3. The molecule has 0 radical (unpaired) electrons. The van der Waals surface area contributed by atoms with E-state index in [1.165, 1.54) is 6.42 Å². The fourth-order valence-corrected chi connectivity index (χ4v) is 1.74. The first-order valence-electron chi connectivity index (χ1n) is 5.52. The van der Waals surface area contributed by atoms with E-state index in [4.69, 9.17) is 0 Å². The van der Waals surface area contributed by atoms with Crippen LogP contribution >= 0.6 is 0 Å². The fourth-order valence-electron chi connectivity index (χ4n) is 1.74. The van der Waals surface area contributed by atoms with Crippen LogP contribution in [0.25, 0.3) is 0 Å². The summed E-state index contributed by atoms with van der Waals surface area (Å²) < 4.78 is 0. The molecule has 80 valence electrons. The SMILES string of the molecule is CC(C)CNCC(C)CC(C)(C)C. The molecule has 1 N–H and O–H groups in total. The molecule has 1 heteroatoms. The first kappa shape index (κ1) is 13.0. The predicted molar refractivity (Wildman–Crippen MR) is 60.9 cm³/mol. The Morgan fingerprint density at radius 1 is 1.00 bits per heavy atom. The van der Waals surface area contributed by atoms with Crippen LogP contribution in [-0.4, -0.2) is 13.1 Å². The largest absolute Gasteiger partial charge is 0.316 e. The third-order valence-corrected chi connectivity index (χ3v) is 2.01. The second-order valence-electron chi connectivity index (χ2n) is 5.92. The van der Waals surface area contributed by atoms with Crippen molar-refractivity contribution in [3.63, 3.8) is 0 Å². The zero-order valence-corrected chi connectivity index (χ0v) is 10.3. The lowest BCUT2D eigenvalue weighted by atomic mass is 9.85. The molecule has 0 spiro atoms. The van der Waals surface area contributed by atoms with Crippen molar-refractivity contribution < 1.29 is 0 Å². The van der Waals surface area contributed by atoms with Crippen LogP contribution in [-0.2, 0) is 0 Å². The van der Waals surface area contributed by atoms with E-state index in [1.807, 2.05) is 0 Å². The summed E-state index contributed by atoms with van der Waals surface area (Å²) in [5, 5.41) is 3.51. The zero-order valence-electron chi connectivity index (χ0n) is 10.3. The van der Waals surface area contributed by atoms with Crippen molar-refractivity contribution in [3.8, 4) is 0 Å². The van der Waals surface area contributed by atoms with Gasteiger partial charge < -0.3 is 5.32 Å². The molecule has 1 unspecified atom stereocenters. The minimum atomic E-state index is 0.471. The third-order valence-electron chi connectivity index (χ3n) is 2.01. The Bertz CT molecular complexity index is 122. The maximum Gasteiger partial charge on any atom is -0.00228 e. The van der Waals surface area contributed by atoms with Crippen LogP contribution in [0, 0.1) is 17.3 Å². The van der Waals surface area contributed by atoms with Crippen LogP contribution in [0.3, 0.4) is 0 Å². The topological polar surface area (TPSA) is 12.0 Å². The highest BCUT2D eigenvalue weighted by Crippen LogP contribution is 2.23. The lowest BCUT2D eigenvalue weighted by Gasteiger charge is -2.23. The van der Waals surface area contributed by atoms with Gasteiger partial charge in [-0.2, -0.15) is 0 Å². The minimum Gasteiger partial charge on any atom is -0.316 e. The first-order valence-corrected chi connectivity index (χ1v) is 5.52. The molecule has 0 saturated carbocycles. The van der Waals surface area contributed by atoms with E-state index in [0.29, 0.717) is 5.41 Å². The second kappa shape index (κ2) is 5.64.